The second-order valence-corrected chi connectivity index (χ2v) is 14.1. The van der Waals surface area contributed by atoms with Crippen LogP contribution in [0.2, 0.25) is 0 Å². The van der Waals surface area contributed by atoms with E-state index in [9.17, 15) is 54.3 Å². The molecular formula is C47H44F8O10. The molecule has 0 bridgehead atoms. The predicted molar refractivity (Wildman–Crippen MR) is 219 cm³/mol. The van der Waals surface area contributed by atoms with Gasteiger partial charge >= 0.3 is 36.2 Å². The summed E-state index contributed by atoms with van der Waals surface area (Å²) in [6.07, 6.45) is -4.58. The Morgan fingerprint density at radius 3 is 1.09 bits per heavy atom. The summed E-state index contributed by atoms with van der Waals surface area (Å²) < 4.78 is 150. The maximum Gasteiger partial charge on any atom is 0.411 e. The Hall–Kier alpha value is -6.72. The first-order chi connectivity index (χ1) is 30.9. The second kappa shape index (κ2) is 23.8. The minimum atomic E-state index is -6.01. The monoisotopic (exact) mass is 920 g/mol. The largest absolute Gasteiger partial charge is 0.493 e. The number of carbonyl (C=O) groups is 4. The zero-order valence-electron chi connectivity index (χ0n) is 34.7. The number of alkyl halides is 6. The minimum absolute atomic E-state index is 0.0820. The fraction of sp³-hybridized carbons (Fsp3) is 0.319. The summed E-state index contributed by atoms with van der Waals surface area (Å²) in [6, 6.07) is 11.1. The van der Waals surface area contributed by atoms with Crippen molar-refractivity contribution in [2.45, 2.75) is 69.1 Å². The van der Waals surface area contributed by atoms with Crippen molar-refractivity contribution in [3.8, 4) is 23.0 Å². The van der Waals surface area contributed by atoms with Crippen molar-refractivity contribution < 1.29 is 82.7 Å². The van der Waals surface area contributed by atoms with Gasteiger partial charge in [0.25, 0.3) is 0 Å². The molecule has 0 aliphatic heterocycles. The number of ether oxygens (including phenoxy) is 6. The maximum atomic E-state index is 14.9. The molecule has 0 amide bonds. The van der Waals surface area contributed by atoms with E-state index in [0.717, 1.165) is 62.1 Å². The Morgan fingerprint density at radius 1 is 0.462 bits per heavy atom. The number of halogens is 8. The highest BCUT2D eigenvalue weighted by atomic mass is 19.4. The van der Waals surface area contributed by atoms with Gasteiger partial charge in [0.15, 0.2) is 0 Å². The summed E-state index contributed by atoms with van der Waals surface area (Å²) in [6.45, 7) is 7.48. The summed E-state index contributed by atoms with van der Waals surface area (Å²) in [5.41, 5.74) is -8.46. The van der Waals surface area contributed by atoms with E-state index in [1.165, 1.54) is 12.1 Å². The molecule has 0 fully saturated rings. The van der Waals surface area contributed by atoms with Crippen molar-refractivity contribution in [3.63, 3.8) is 0 Å². The average Bonchev–Trinajstić information content (AvgIpc) is 3.25. The van der Waals surface area contributed by atoms with E-state index in [4.69, 9.17) is 28.4 Å². The van der Waals surface area contributed by atoms with Crippen LogP contribution in [0.3, 0.4) is 0 Å². The Balaban J connectivity index is 1.37. The highest BCUT2D eigenvalue weighted by molar-refractivity contribution is 5.92. The van der Waals surface area contributed by atoms with E-state index in [2.05, 4.69) is 13.2 Å². The predicted octanol–water partition coefficient (Wildman–Crippen LogP) is 11.2. The van der Waals surface area contributed by atoms with Crippen LogP contribution in [0, 0.1) is 11.6 Å². The van der Waals surface area contributed by atoms with Gasteiger partial charge in [0.05, 0.1) is 37.6 Å². The topological polar surface area (TPSA) is 124 Å². The van der Waals surface area contributed by atoms with Gasteiger partial charge in [-0.25, -0.2) is 28.0 Å². The molecule has 0 saturated carbocycles. The number of hydrogen-bond donors (Lipinski definition) is 0. The third-order valence-corrected chi connectivity index (χ3v) is 9.60. The van der Waals surface area contributed by atoms with E-state index in [1.807, 2.05) is 0 Å². The Kier molecular flexibility index (Phi) is 18.7. The molecule has 0 unspecified atom stereocenters. The van der Waals surface area contributed by atoms with Crippen molar-refractivity contribution in [3.05, 3.63) is 144 Å². The van der Waals surface area contributed by atoms with Crippen LogP contribution in [0.4, 0.5) is 35.1 Å². The SMILES string of the molecule is C=CC(=O)OCCCCCCOc1ccc(C(=O)Oc2ccc(C(c3ccc(OC(=O)c4ccc(OCCCCCCOC(=O)C=C)cc4F)cc3)(C(F)(F)F)C(F)(F)F)cc2)c(F)c1. The Bertz CT molecular complexity index is 2100. The van der Waals surface area contributed by atoms with Gasteiger partial charge in [-0.05, 0) is 111 Å². The first-order valence-electron chi connectivity index (χ1n) is 20.1. The van der Waals surface area contributed by atoms with Gasteiger partial charge in [0.1, 0.15) is 34.6 Å². The zero-order valence-corrected chi connectivity index (χ0v) is 34.7. The van der Waals surface area contributed by atoms with Crippen LogP contribution in [-0.4, -0.2) is 62.7 Å². The molecule has 348 valence electrons. The van der Waals surface area contributed by atoms with Crippen molar-refractivity contribution in [2.75, 3.05) is 26.4 Å². The third kappa shape index (κ3) is 14.1. The summed E-state index contributed by atoms with van der Waals surface area (Å²) in [4.78, 5) is 47.6. The van der Waals surface area contributed by atoms with Gasteiger partial charge < -0.3 is 28.4 Å². The highest BCUT2D eigenvalue weighted by Gasteiger charge is 2.72. The summed E-state index contributed by atoms with van der Waals surface area (Å²) in [5.74, 6) is -6.59. The number of unbranched alkanes of at least 4 members (excludes halogenated alkanes) is 6. The number of esters is 4. The minimum Gasteiger partial charge on any atom is -0.493 e. The lowest BCUT2D eigenvalue weighted by Crippen LogP contribution is -2.54. The van der Waals surface area contributed by atoms with Crippen LogP contribution in [0.5, 0.6) is 23.0 Å². The molecule has 4 rings (SSSR count). The van der Waals surface area contributed by atoms with E-state index < -0.39 is 87.0 Å². The van der Waals surface area contributed by atoms with Crippen molar-refractivity contribution in [1.82, 2.24) is 0 Å². The quantitative estimate of drug-likeness (QED) is 0.0221. The molecular weight excluding hydrogens is 876 g/mol. The van der Waals surface area contributed by atoms with Gasteiger partial charge in [0, 0.05) is 24.3 Å². The van der Waals surface area contributed by atoms with Crippen LogP contribution in [0.15, 0.2) is 110 Å². The fourth-order valence-electron chi connectivity index (χ4n) is 6.31. The molecule has 0 heterocycles. The second-order valence-electron chi connectivity index (χ2n) is 14.1. The number of carbonyl (C=O) groups excluding carboxylic acids is 4. The Labute approximate surface area is 368 Å². The van der Waals surface area contributed by atoms with Crippen LogP contribution >= 0.6 is 0 Å². The molecule has 4 aromatic rings. The lowest BCUT2D eigenvalue weighted by Gasteiger charge is -2.38. The molecule has 0 aliphatic carbocycles. The first kappa shape index (κ1) is 50.9. The smallest absolute Gasteiger partial charge is 0.411 e. The van der Waals surface area contributed by atoms with Crippen LogP contribution < -0.4 is 18.9 Å². The van der Waals surface area contributed by atoms with Crippen LogP contribution in [-0.2, 0) is 24.5 Å². The normalized spacial score (nSPS) is 11.6. The average molecular weight is 921 g/mol. The van der Waals surface area contributed by atoms with Gasteiger partial charge in [-0.15, -0.1) is 0 Å². The molecule has 0 N–H and O–H groups in total. The standard InChI is InChI=1S/C47H44F8O10/c1-3-41(56)62-27-11-7-5-9-25-60-35-21-23-37(39(48)29-35)43(58)64-33-17-13-31(14-18-33)45(46(50,51)52,47(53,54)55)32-15-19-34(20-16-32)65-44(59)38-24-22-36(30-40(38)49)61-26-10-6-8-12-28-63-42(57)4-2/h3-4,13-24,29-30H,1-2,5-12,25-28H2. The van der Waals surface area contributed by atoms with Crippen molar-refractivity contribution in [1.29, 1.82) is 0 Å². The van der Waals surface area contributed by atoms with E-state index >= 15 is 0 Å². The molecule has 0 aromatic heterocycles. The molecule has 0 radical (unpaired) electrons. The molecule has 0 spiro atoms. The zero-order chi connectivity index (χ0) is 47.6. The summed E-state index contributed by atoms with van der Waals surface area (Å²) in [5, 5.41) is 0. The lowest BCUT2D eigenvalue weighted by atomic mass is 9.73. The molecule has 65 heavy (non-hydrogen) atoms. The fourth-order valence-corrected chi connectivity index (χ4v) is 6.31. The molecule has 10 nitrogen and oxygen atoms in total. The Morgan fingerprint density at radius 2 is 0.785 bits per heavy atom. The van der Waals surface area contributed by atoms with E-state index in [1.54, 1.807) is 0 Å². The van der Waals surface area contributed by atoms with E-state index in [-0.39, 0.29) is 37.9 Å². The molecule has 4 aromatic carbocycles. The number of benzene rings is 4. The third-order valence-electron chi connectivity index (χ3n) is 9.60. The van der Waals surface area contributed by atoms with E-state index in [0.29, 0.717) is 74.2 Å². The molecule has 0 aliphatic rings. The summed E-state index contributed by atoms with van der Waals surface area (Å²) >= 11 is 0. The molecule has 0 atom stereocenters. The van der Waals surface area contributed by atoms with Gasteiger partial charge in [-0.1, -0.05) is 37.4 Å². The van der Waals surface area contributed by atoms with Crippen molar-refractivity contribution in [2.24, 2.45) is 0 Å². The summed E-state index contributed by atoms with van der Waals surface area (Å²) in [7, 11) is 0. The van der Waals surface area contributed by atoms with Gasteiger partial charge in [-0.2, -0.15) is 26.3 Å². The van der Waals surface area contributed by atoms with Gasteiger partial charge in [-0.3, -0.25) is 0 Å². The van der Waals surface area contributed by atoms with Crippen LogP contribution in [0.25, 0.3) is 0 Å². The van der Waals surface area contributed by atoms with Crippen molar-refractivity contribution >= 4 is 23.9 Å². The van der Waals surface area contributed by atoms with Crippen LogP contribution in [0.1, 0.15) is 83.2 Å². The number of rotatable bonds is 24. The lowest BCUT2D eigenvalue weighted by molar-refractivity contribution is -0.288. The highest BCUT2D eigenvalue weighted by Crippen LogP contribution is 2.56. The van der Waals surface area contributed by atoms with Gasteiger partial charge in [0.2, 0.25) is 5.41 Å². The number of hydrogen-bond acceptors (Lipinski definition) is 10. The molecule has 0 saturated heterocycles. The maximum absolute atomic E-state index is 14.9. The molecule has 18 heteroatoms. The first-order valence-corrected chi connectivity index (χ1v) is 20.1.